The van der Waals surface area contributed by atoms with Crippen molar-refractivity contribution < 1.29 is 33.8 Å². The number of piperidine rings is 2. The van der Waals surface area contributed by atoms with E-state index in [0.29, 0.717) is 56.5 Å². The van der Waals surface area contributed by atoms with Gasteiger partial charge in [-0.05, 0) is 90.3 Å². The SMILES string of the molecule is COC(=O)[C@@H]1CCCCN1C1CCN(C(=O)[C@@H](Cc2ccc(O)c(Br)c2)OC(=O)N2CCC(N3CCc4ccccc4NC3=O)CC2)C1. The van der Waals surface area contributed by atoms with Gasteiger partial charge in [0.1, 0.15) is 11.8 Å². The average Bonchev–Trinajstić information content (AvgIpc) is 3.53. The number of esters is 1. The number of aromatic hydroxyl groups is 1. The Morgan fingerprint density at radius 3 is 2.48 bits per heavy atom. The van der Waals surface area contributed by atoms with Gasteiger partial charge >= 0.3 is 18.1 Å². The molecular formula is C35H44BrN5O7. The van der Waals surface area contributed by atoms with Crippen LogP contribution in [0.5, 0.6) is 5.75 Å². The van der Waals surface area contributed by atoms with Crippen LogP contribution in [0.1, 0.15) is 49.7 Å². The zero-order valence-corrected chi connectivity index (χ0v) is 28.9. The third-order valence-corrected chi connectivity index (χ3v) is 10.9. The van der Waals surface area contributed by atoms with E-state index in [1.807, 2.05) is 29.2 Å². The molecule has 13 heteroatoms. The number of halogens is 1. The molecule has 4 amide bonds. The molecule has 12 nitrogen and oxygen atoms in total. The van der Waals surface area contributed by atoms with Crippen LogP contribution in [0.15, 0.2) is 46.9 Å². The Hall–Kier alpha value is -3.84. The lowest BCUT2D eigenvalue weighted by atomic mass is 9.99. The normalized spacial score (nSPS) is 22.8. The van der Waals surface area contributed by atoms with Gasteiger partial charge < -0.3 is 34.6 Å². The molecule has 0 saturated carbocycles. The maximum atomic E-state index is 14.0. The molecule has 3 fully saturated rings. The summed E-state index contributed by atoms with van der Waals surface area (Å²) in [6, 6.07) is 12.4. The van der Waals surface area contributed by atoms with Crippen molar-refractivity contribution in [3.63, 3.8) is 0 Å². The third-order valence-electron chi connectivity index (χ3n) is 10.2. The highest BCUT2D eigenvalue weighted by molar-refractivity contribution is 9.10. The van der Waals surface area contributed by atoms with E-state index < -0.39 is 12.2 Å². The zero-order valence-electron chi connectivity index (χ0n) is 27.3. The quantitative estimate of drug-likeness (QED) is 0.402. The topological polar surface area (TPSA) is 132 Å². The summed E-state index contributed by atoms with van der Waals surface area (Å²) in [7, 11) is 1.41. The molecule has 2 N–H and O–H groups in total. The van der Waals surface area contributed by atoms with Crippen molar-refractivity contribution in [2.75, 3.05) is 51.7 Å². The molecule has 1 unspecified atom stereocenters. The summed E-state index contributed by atoms with van der Waals surface area (Å²) in [5, 5.41) is 13.0. The number of phenolic OH excluding ortho intramolecular Hbond substituents is 1. The number of carbonyl (C=O) groups is 4. The number of rotatable bonds is 7. The Labute approximate surface area is 289 Å². The van der Waals surface area contributed by atoms with Gasteiger partial charge in [-0.15, -0.1) is 0 Å². The van der Waals surface area contributed by atoms with E-state index in [4.69, 9.17) is 9.47 Å². The summed E-state index contributed by atoms with van der Waals surface area (Å²) in [6.07, 6.45) is 3.88. The number of anilines is 1. The van der Waals surface area contributed by atoms with Crippen molar-refractivity contribution in [2.45, 2.75) is 75.6 Å². The minimum absolute atomic E-state index is 0.0136. The summed E-state index contributed by atoms with van der Waals surface area (Å²) in [4.78, 5) is 60.6. The van der Waals surface area contributed by atoms with Crippen LogP contribution in [-0.4, -0.2) is 119 Å². The molecule has 0 aromatic heterocycles. The largest absolute Gasteiger partial charge is 0.507 e. The highest BCUT2D eigenvalue weighted by atomic mass is 79.9. The molecule has 0 bridgehead atoms. The first-order valence-electron chi connectivity index (χ1n) is 16.9. The van der Waals surface area contributed by atoms with Gasteiger partial charge in [-0.3, -0.25) is 14.5 Å². The molecule has 48 heavy (non-hydrogen) atoms. The van der Waals surface area contributed by atoms with E-state index in [0.717, 1.165) is 49.0 Å². The zero-order chi connectivity index (χ0) is 33.8. The van der Waals surface area contributed by atoms with Gasteiger partial charge in [0.25, 0.3) is 5.91 Å². The molecule has 3 saturated heterocycles. The lowest BCUT2D eigenvalue weighted by molar-refractivity contribution is -0.149. The number of nitrogens with zero attached hydrogens (tertiary/aromatic N) is 4. The average molecular weight is 727 g/mol. The van der Waals surface area contributed by atoms with Crippen LogP contribution in [0, 0.1) is 0 Å². The molecule has 0 spiro atoms. The van der Waals surface area contributed by atoms with Gasteiger partial charge in [0, 0.05) is 56.9 Å². The Kier molecular flexibility index (Phi) is 10.7. The highest BCUT2D eigenvalue weighted by Gasteiger charge is 2.41. The van der Waals surface area contributed by atoms with E-state index in [1.165, 1.54) is 7.11 Å². The molecule has 2 aromatic rings. The summed E-state index contributed by atoms with van der Waals surface area (Å²) in [5.74, 6) is -0.445. The molecule has 3 atom stereocenters. The van der Waals surface area contributed by atoms with E-state index >= 15 is 0 Å². The van der Waals surface area contributed by atoms with Gasteiger partial charge in [-0.1, -0.05) is 30.7 Å². The fourth-order valence-corrected chi connectivity index (χ4v) is 7.99. The van der Waals surface area contributed by atoms with Gasteiger partial charge in [-0.25, -0.2) is 9.59 Å². The lowest BCUT2D eigenvalue weighted by Gasteiger charge is -2.38. The first kappa shape index (κ1) is 34.0. The number of likely N-dealkylation sites (tertiary alicyclic amines) is 3. The van der Waals surface area contributed by atoms with E-state index in [1.54, 1.807) is 28.0 Å². The fraction of sp³-hybridized carbons (Fsp3) is 0.543. The Morgan fingerprint density at radius 2 is 1.71 bits per heavy atom. The van der Waals surface area contributed by atoms with Crippen molar-refractivity contribution in [3.05, 3.63) is 58.1 Å². The maximum Gasteiger partial charge on any atom is 0.410 e. The number of hydrogen-bond donors (Lipinski definition) is 2. The number of hydrogen-bond acceptors (Lipinski definition) is 8. The maximum absolute atomic E-state index is 14.0. The van der Waals surface area contributed by atoms with Gasteiger partial charge in [0.15, 0.2) is 6.10 Å². The van der Waals surface area contributed by atoms with E-state index in [2.05, 4.69) is 26.1 Å². The number of fused-ring (bicyclic) bond motifs is 1. The lowest BCUT2D eigenvalue weighted by Crippen LogP contribution is -2.52. The molecule has 6 rings (SSSR count). The van der Waals surface area contributed by atoms with Crippen LogP contribution in [-0.2, 0) is 31.9 Å². The first-order valence-corrected chi connectivity index (χ1v) is 17.7. The monoisotopic (exact) mass is 725 g/mol. The second kappa shape index (κ2) is 15.1. The van der Waals surface area contributed by atoms with Crippen LogP contribution in [0.25, 0.3) is 0 Å². The molecule has 258 valence electrons. The molecule has 0 aliphatic carbocycles. The second-order valence-corrected chi connectivity index (χ2v) is 14.0. The Balaban J connectivity index is 1.10. The van der Waals surface area contributed by atoms with E-state index in [9.17, 15) is 24.3 Å². The number of benzene rings is 2. The van der Waals surface area contributed by atoms with Crippen LogP contribution < -0.4 is 5.32 Å². The van der Waals surface area contributed by atoms with Gasteiger partial charge in [0.2, 0.25) is 0 Å². The van der Waals surface area contributed by atoms with Crippen LogP contribution in [0.4, 0.5) is 15.3 Å². The Bertz CT molecular complexity index is 1520. The summed E-state index contributed by atoms with van der Waals surface area (Å²) in [6.45, 7) is 3.12. The summed E-state index contributed by atoms with van der Waals surface area (Å²) < 4.78 is 11.6. The van der Waals surface area contributed by atoms with Crippen molar-refractivity contribution in [2.24, 2.45) is 0 Å². The standard InChI is InChI=1S/C35H44BrN5O7/c1-47-33(44)29-8-4-5-15-40(29)26-14-18-39(22-26)32(43)31(21-23-9-10-30(42)27(36)20-23)48-35(46)38-16-12-25(13-17-38)41-19-11-24-6-2-3-7-28(24)37-34(41)45/h2-3,6-7,9-10,20,25-26,29,31,42H,4-5,8,11-19,21-22H2,1H3,(H,37,45)/t26?,29-,31+/m0/s1. The third kappa shape index (κ3) is 7.57. The molecule has 4 aliphatic rings. The number of methoxy groups -OCH3 is 1. The van der Waals surface area contributed by atoms with Crippen molar-refractivity contribution in [1.82, 2.24) is 19.6 Å². The molecule has 4 heterocycles. The van der Waals surface area contributed by atoms with E-state index in [-0.39, 0.29) is 48.2 Å². The number of nitrogens with one attached hydrogen (secondary N) is 1. The Morgan fingerprint density at radius 1 is 0.958 bits per heavy atom. The number of urea groups is 1. The van der Waals surface area contributed by atoms with Gasteiger partial charge in [-0.2, -0.15) is 0 Å². The van der Waals surface area contributed by atoms with Gasteiger partial charge in [0.05, 0.1) is 11.6 Å². The summed E-state index contributed by atoms with van der Waals surface area (Å²) >= 11 is 3.35. The van der Waals surface area contributed by atoms with Crippen molar-refractivity contribution >= 4 is 45.6 Å². The summed E-state index contributed by atoms with van der Waals surface area (Å²) in [5.41, 5.74) is 2.68. The molecule has 4 aliphatic heterocycles. The first-order chi connectivity index (χ1) is 23.2. The van der Waals surface area contributed by atoms with Crippen LogP contribution in [0.3, 0.4) is 0 Å². The molecule has 0 radical (unpaired) electrons. The number of ether oxygens (including phenoxy) is 2. The number of para-hydroxylation sites is 1. The number of phenols is 1. The highest BCUT2D eigenvalue weighted by Crippen LogP contribution is 2.29. The minimum Gasteiger partial charge on any atom is -0.507 e. The second-order valence-electron chi connectivity index (χ2n) is 13.1. The number of carbonyl (C=O) groups excluding carboxylic acids is 4. The van der Waals surface area contributed by atoms with Crippen molar-refractivity contribution in [3.8, 4) is 5.75 Å². The predicted molar refractivity (Wildman–Crippen MR) is 182 cm³/mol. The molecular weight excluding hydrogens is 682 g/mol. The fourth-order valence-electron chi connectivity index (χ4n) is 7.56. The van der Waals surface area contributed by atoms with Crippen molar-refractivity contribution in [1.29, 1.82) is 0 Å². The molecule has 2 aromatic carbocycles. The number of amides is 4. The van der Waals surface area contributed by atoms with Crippen LogP contribution in [0.2, 0.25) is 0 Å². The smallest absolute Gasteiger partial charge is 0.410 e. The van der Waals surface area contributed by atoms with Crippen LogP contribution >= 0.6 is 15.9 Å². The minimum atomic E-state index is -1.07. The predicted octanol–water partition coefficient (Wildman–Crippen LogP) is 4.39.